The number of benzene rings is 2. The van der Waals surface area contributed by atoms with Gasteiger partial charge in [-0.15, -0.1) is 0 Å². The van der Waals surface area contributed by atoms with Crippen LogP contribution < -0.4 is 5.32 Å². The van der Waals surface area contributed by atoms with Crippen molar-refractivity contribution >= 4 is 5.57 Å². The Bertz CT molecular complexity index is 660. The molecular weight excluding hydrogens is 254 g/mol. The maximum atomic E-state index is 4.10. The highest BCUT2D eigenvalue weighted by Gasteiger charge is 1.99. The van der Waals surface area contributed by atoms with Gasteiger partial charge in [0.05, 0.1) is 0 Å². The maximum absolute atomic E-state index is 4.10. The molecule has 0 aliphatic rings. The van der Waals surface area contributed by atoms with E-state index in [4.69, 9.17) is 0 Å². The van der Waals surface area contributed by atoms with Gasteiger partial charge in [-0.05, 0) is 41.5 Å². The molecule has 0 unspecified atom stereocenters. The molecule has 0 atom stereocenters. The molecule has 0 aliphatic carbocycles. The molecular formula is C20H21N. The van der Waals surface area contributed by atoms with Crippen molar-refractivity contribution in [2.75, 3.05) is 7.05 Å². The molecule has 0 radical (unpaired) electrons. The van der Waals surface area contributed by atoms with E-state index in [9.17, 15) is 0 Å². The predicted molar refractivity (Wildman–Crippen MR) is 93.0 cm³/mol. The Balaban J connectivity index is 2.13. The highest BCUT2D eigenvalue weighted by Crippen LogP contribution is 2.23. The van der Waals surface area contributed by atoms with Crippen LogP contribution in [0, 0.1) is 6.92 Å². The van der Waals surface area contributed by atoms with Gasteiger partial charge in [0, 0.05) is 7.05 Å². The Labute approximate surface area is 127 Å². The van der Waals surface area contributed by atoms with Crippen LogP contribution >= 0.6 is 0 Å². The second kappa shape index (κ2) is 7.30. The molecule has 0 saturated heterocycles. The van der Waals surface area contributed by atoms with Crippen molar-refractivity contribution in [3.8, 4) is 11.1 Å². The normalized spacial score (nSPS) is 11.1. The molecule has 0 aliphatic heterocycles. The van der Waals surface area contributed by atoms with Gasteiger partial charge in [0.15, 0.2) is 0 Å². The molecule has 1 heteroatoms. The second-order valence-electron chi connectivity index (χ2n) is 4.98. The lowest BCUT2D eigenvalue weighted by molar-refractivity contribution is 1.10. The van der Waals surface area contributed by atoms with Crippen molar-refractivity contribution in [2.45, 2.75) is 6.92 Å². The molecule has 2 aromatic rings. The van der Waals surface area contributed by atoms with Crippen LogP contribution in [0.25, 0.3) is 16.7 Å². The predicted octanol–water partition coefficient (Wildman–Crippen LogP) is 4.96. The molecule has 21 heavy (non-hydrogen) atoms. The number of hydrogen-bond donors (Lipinski definition) is 1. The Morgan fingerprint density at radius 2 is 1.76 bits per heavy atom. The average molecular weight is 275 g/mol. The molecule has 1 nitrogen and oxygen atoms in total. The summed E-state index contributed by atoms with van der Waals surface area (Å²) in [6.07, 6.45) is 7.82. The van der Waals surface area contributed by atoms with Crippen LogP contribution in [0.4, 0.5) is 0 Å². The molecule has 0 saturated carbocycles. The summed E-state index contributed by atoms with van der Waals surface area (Å²) >= 11 is 0. The van der Waals surface area contributed by atoms with Gasteiger partial charge in [0.1, 0.15) is 0 Å². The largest absolute Gasteiger partial charge is 0.394 e. The van der Waals surface area contributed by atoms with E-state index in [2.05, 4.69) is 67.4 Å². The fraction of sp³-hybridized carbons (Fsp3) is 0.100. The summed E-state index contributed by atoms with van der Waals surface area (Å²) in [6, 6.07) is 17.1. The van der Waals surface area contributed by atoms with E-state index < -0.39 is 0 Å². The van der Waals surface area contributed by atoms with Gasteiger partial charge >= 0.3 is 0 Å². The average Bonchev–Trinajstić information content (AvgIpc) is 2.51. The minimum absolute atomic E-state index is 1.01. The van der Waals surface area contributed by atoms with Crippen LogP contribution in [0.3, 0.4) is 0 Å². The van der Waals surface area contributed by atoms with Crippen LogP contribution in [0.1, 0.15) is 11.1 Å². The van der Waals surface area contributed by atoms with Crippen LogP contribution in [-0.4, -0.2) is 7.05 Å². The van der Waals surface area contributed by atoms with Crippen LogP contribution in [0.15, 0.2) is 79.5 Å². The van der Waals surface area contributed by atoms with E-state index in [0.717, 1.165) is 11.1 Å². The Hall–Kier alpha value is -2.54. The molecule has 0 aromatic heterocycles. The number of nitrogens with one attached hydrogen (secondary N) is 1. The molecule has 2 rings (SSSR count). The minimum atomic E-state index is 1.01. The standard InChI is InChI=1S/C20H21N/c1-16-7-6-9-20(15-16)19-12-10-18(11-13-19)17(2)8-4-5-14-21-3/h4-15,21H,2H2,1,3H3/b8-4-,14-5-. The molecule has 1 N–H and O–H groups in total. The first kappa shape index (κ1) is 14.9. The minimum Gasteiger partial charge on any atom is -0.394 e. The van der Waals surface area contributed by atoms with Gasteiger partial charge in [0.2, 0.25) is 0 Å². The van der Waals surface area contributed by atoms with Gasteiger partial charge in [-0.1, -0.05) is 72.8 Å². The third-order valence-electron chi connectivity index (χ3n) is 3.28. The van der Waals surface area contributed by atoms with Crippen molar-refractivity contribution in [3.63, 3.8) is 0 Å². The SMILES string of the molecule is C=C(/C=C\C=C/NC)c1ccc(-c2cccc(C)c2)cc1. The lowest BCUT2D eigenvalue weighted by Crippen LogP contribution is -1.89. The maximum Gasteiger partial charge on any atom is 0.00277 e. The second-order valence-corrected chi connectivity index (χ2v) is 4.98. The summed E-state index contributed by atoms with van der Waals surface area (Å²) < 4.78 is 0. The van der Waals surface area contributed by atoms with Crippen LogP contribution in [-0.2, 0) is 0 Å². The zero-order valence-corrected chi connectivity index (χ0v) is 12.6. The van der Waals surface area contributed by atoms with E-state index in [1.807, 2.05) is 31.5 Å². The zero-order valence-electron chi connectivity index (χ0n) is 12.6. The quantitative estimate of drug-likeness (QED) is 0.760. The highest BCUT2D eigenvalue weighted by atomic mass is 14.8. The Kier molecular flexibility index (Phi) is 5.16. The molecule has 0 heterocycles. The number of aryl methyl sites for hydroxylation is 1. The van der Waals surface area contributed by atoms with Crippen LogP contribution in [0.5, 0.6) is 0 Å². The molecule has 106 valence electrons. The highest BCUT2D eigenvalue weighted by molar-refractivity contribution is 5.74. The Morgan fingerprint density at radius 3 is 2.43 bits per heavy atom. The van der Waals surface area contributed by atoms with E-state index >= 15 is 0 Å². The zero-order chi connectivity index (χ0) is 15.1. The lowest BCUT2D eigenvalue weighted by atomic mass is 10.00. The smallest absolute Gasteiger partial charge is 0.00277 e. The monoisotopic (exact) mass is 275 g/mol. The van der Waals surface area contributed by atoms with E-state index in [-0.39, 0.29) is 0 Å². The van der Waals surface area contributed by atoms with Gasteiger partial charge in [-0.25, -0.2) is 0 Å². The lowest BCUT2D eigenvalue weighted by Gasteiger charge is -2.05. The summed E-state index contributed by atoms with van der Waals surface area (Å²) in [4.78, 5) is 0. The number of allylic oxidation sites excluding steroid dienone is 4. The molecule has 0 amide bonds. The topological polar surface area (TPSA) is 12.0 Å². The van der Waals surface area contributed by atoms with Crippen LogP contribution in [0.2, 0.25) is 0 Å². The Morgan fingerprint density at radius 1 is 1.00 bits per heavy atom. The first-order chi connectivity index (χ1) is 10.2. The summed E-state index contributed by atoms with van der Waals surface area (Å²) in [7, 11) is 1.88. The fourth-order valence-electron chi connectivity index (χ4n) is 2.12. The van der Waals surface area contributed by atoms with E-state index in [1.54, 1.807) is 0 Å². The van der Waals surface area contributed by atoms with Crippen molar-refractivity contribution in [1.82, 2.24) is 5.32 Å². The third kappa shape index (κ3) is 4.22. The fourth-order valence-corrected chi connectivity index (χ4v) is 2.12. The van der Waals surface area contributed by atoms with Gasteiger partial charge in [0.25, 0.3) is 0 Å². The molecule has 0 bridgehead atoms. The molecule has 0 fully saturated rings. The van der Waals surface area contributed by atoms with Crippen molar-refractivity contribution in [1.29, 1.82) is 0 Å². The number of rotatable bonds is 5. The van der Waals surface area contributed by atoms with E-state index in [0.29, 0.717) is 0 Å². The van der Waals surface area contributed by atoms with Crippen molar-refractivity contribution < 1.29 is 0 Å². The van der Waals surface area contributed by atoms with E-state index in [1.165, 1.54) is 16.7 Å². The van der Waals surface area contributed by atoms with Crippen molar-refractivity contribution in [3.05, 3.63) is 90.7 Å². The van der Waals surface area contributed by atoms with Gasteiger partial charge in [-0.3, -0.25) is 0 Å². The summed E-state index contributed by atoms with van der Waals surface area (Å²) in [5, 5.41) is 2.95. The van der Waals surface area contributed by atoms with Crippen molar-refractivity contribution in [2.24, 2.45) is 0 Å². The summed E-state index contributed by atoms with van der Waals surface area (Å²) in [5.74, 6) is 0. The first-order valence-electron chi connectivity index (χ1n) is 7.07. The summed E-state index contributed by atoms with van der Waals surface area (Å²) in [5.41, 5.74) is 5.90. The molecule has 2 aromatic carbocycles. The number of hydrogen-bond acceptors (Lipinski definition) is 1. The third-order valence-corrected chi connectivity index (χ3v) is 3.28. The molecule has 0 spiro atoms. The summed E-state index contributed by atoms with van der Waals surface area (Å²) in [6.45, 7) is 6.21. The first-order valence-corrected chi connectivity index (χ1v) is 7.07. The van der Waals surface area contributed by atoms with Gasteiger partial charge < -0.3 is 5.32 Å². The van der Waals surface area contributed by atoms with Gasteiger partial charge in [-0.2, -0.15) is 0 Å².